The molecule has 29 heavy (non-hydrogen) atoms. The Bertz CT molecular complexity index is 789. The number of ether oxygens (including phenoxy) is 1. The molecule has 0 aromatic heterocycles. The van der Waals surface area contributed by atoms with Gasteiger partial charge >= 0.3 is 0 Å². The summed E-state index contributed by atoms with van der Waals surface area (Å²) in [4.78, 5) is 2.37. The van der Waals surface area contributed by atoms with Gasteiger partial charge in [0.15, 0.2) is 5.17 Å². The van der Waals surface area contributed by atoms with E-state index in [4.69, 9.17) is 10.5 Å². The summed E-state index contributed by atoms with van der Waals surface area (Å²) < 4.78 is 5.93. The highest BCUT2D eigenvalue weighted by atomic mass is 32.2. The predicted octanol–water partition coefficient (Wildman–Crippen LogP) is 4.90. The standard InChI is InChI=1S/C23H32N4OS/c1-4-14-28-22-13-12-20(15-21(22)17-27(5-2)6-3)16-25-26-23(24)29-18-19-10-8-7-9-11-19/h7-13,15-16H,4-6,14,17-18H2,1-3H3,(H2,24,26). The van der Waals surface area contributed by atoms with Gasteiger partial charge in [-0.25, -0.2) is 0 Å². The Hall–Kier alpha value is -2.31. The second kappa shape index (κ2) is 13.0. The van der Waals surface area contributed by atoms with Crippen molar-refractivity contribution in [2.45, 2.75) is 39.5 Å². The van der Waals surface area contributed by atoms with Gasteiger partial charge in [0.25, 0.3) is 0 Å². The van der Waals surface area contributed by atoms with Crippen LogP contribution in [0.3, 0.4) is 0 Å². The van der Waals surface area contributed by atoms with Gasteiger partial charge in [0.1, 0.15) is 5.75 Å². The predicted molar refractivity (Wildman–Crippen MR) is 126 cm³/mol. The fraction of sp³-hybridized carbons (Fsp3) is 0.391. The Kier molecular flexibility index (Phi) is 10.3. The lowest BCUT2D eigenvalue weighted by Crippen LogP contribution is -2.22. The van der Waals surface area contributed by atoms with E-state index in [2.05, 4.69) is 54.1 Å². The van der Waals surface area contributed by atoms with Crippen LogP contribution in [0.1, 0.15) is 43.9 Å². The van der Waals surface area contributed by atoms with Gasteiger partial charge in [0, 0.05) is 17.9 Å². The molecular weight excluding hydrogens is 380 g/mol. The topological polar surface area (TPSA) is 63.2 Å². The smallest absolute Gasteiger partial charge is 0.180 e. The third-order valence-corrected chi connectivity index (χ3v) is 5.28. The first-order valence-corrected chi connectivity index (χ1v) is 11.2. The van der Waals surface area contributed by atoms with Crippen LogP contribution in [-0.4, -0.2) is 36.0 Å². The molecule has 0 radical (unpaired) electrons. The summed E-state index contributed by atoms with van der Waals surface area (Å²) in [5.41, 5.74) is 9.34. The van der Waals surface area contributed by atoms with Gasteiger partial charge in [-0.05, 0) is 48.8 Å². The molecule has 0 aliphatic carbocycles. The van der Waals surface area contributed by atoms with Gasteiger partial charge in [0.05, 0.1) is 12.8 Å². The molecule has 0 unspecified atom stereocenters. The van der Waals surface area contributed by atoms with Crippen molar-refractivity contribution in [3.63, 3.8) is 0 Å². The maximum Gasteiger partial charge on any atom is 0.180 e. The molecule has 0 atom stereocenters. The maximum atomic E-state index is 5.97. The van der Waals surface area contributed by atoms with E-state index in [1.165, 1.54) is 22.9 Å². The minimum absolute atomic E-state index is 0.455. The molecule has 0 heterocycles. The Morgan fingerprint density at radius 1 is 1.10 bits per heavy atom. The molecule has 0 aliphatic rings. The molecule has 0 bridgehead atoms. The van der Waals surface area contributed by atoms with Crippen LogP contribution in [0.5, 0.6) is 5.75 Å². The van der Waals surface area contributed by atoms with Crippen molar-refractivity contribution >= 4 is 23.1 Å². The molecular formula is C23H32N4OS. The Morgan fingerprint density at radius 3 is 2.55 bits per heavy atom. The molecule has 156 valence electrons. The van der Waals surface area contributed by atoms with Crippen molar-refractivity contribution in [3.05, 3.63) is 65.2 Å². The van der Waals surface area contributed by atoms with E-state index in [0.717, 1.165) is 49.7 Å². The highest BCUT2D eigenvalue weighted by Gasteiger charge is 2.09. The summed E-state index contributed by atoms with van der Waals surface area (Å²) in [6.45, 7) is 10.0. The highest BCUT2D eigenvalue weighted by molar-refractivity contribution is 8.13. The Balaban J connectivity index is 2.04. The van der Waals surface area contributed by atoms with Gasteiger partial charge in [0.2, 0.25) is 0 Å². The minimum atomic E-state index is 0.455. The monoisotopic (exact) mass is 412 g/mol. The number of hydrogen-bond donors (Lipinski definition) is 1. The van der Waals surface area contributed by atoms with Crippen LogP contribution in [-0.2, 0) is 12.3 Å². The number of nitrogens with two attached hydrogens (primary N) is 1. The zero-order valence-electron chi connectivity index (χ0n) is 17.7. The van der Waals surface area contributed by atoms with E-state index in [9.17, 15) is 0 Å². The van der Waals surface area contributed by atoms with Gasteiger partial charge in [-0.2, -0.15) is 5.10 Å². The summed E-state index contributed by atoms with van der Waals surface area (Å²) in [6.07, 6.45) is 2.73. The van der Waals surface area contributed by atoms with E-state index >= 15 is 0 Å². The first-order valence-electron chi connectivity index (χ1n) is 10.2. The zero-order chi connectivity index (χ0) is 20.9. The second-order valence-electron chi connectivity index (χ2n) is 6.63. The van der Waals surface area contributed by atoms with Crippen molar-refractivity contribution in [1.82, 2.24) is 4.90 Å². The average Bonchev–Trinajstić information content (AvgIpc) is 2.76. The molecule has 0 fully saturated rings. The molecule has 5 nitrogen and oxygen atoms in total. The first kappa shape index (κ1) is 23.0. The molecule has 0 amide bonds. The van der Waals surface area contributed by atoms with Crippen LogP contribution in [0.25, 0.3) is 0 Å². The molecule has 6 heteroatoms. The SMILES string of the molecule is CCCOc1ccc(C=NN=C(N)SCc2ccccc2)cc1CN(CC)CC. The van der Waals surface area contributed by atoms with E-state index in [-0.39, 0.29) is 0 Å². The highest BCUT2D eigenvalue weighted by Crippen LogP contribution is 2.22. The van der Waals surface area contributed by atoms with Crippen molar-refractivity contribution in [2.75, 3.05) is 19.7 Å². The first-order chi connectivity index (χ1) is 14.2. The number of nitrogens with zero attached hydrogens (tertiary/aromatic N) is 3. The van der Waals surface area contributed by atoms with Crippen LogP contribution in [0.4, 0.5) is 0 Å². The number of benzene rings is 2. The fourth-order valence-electron chi connectivity index (χ4n) is 2.76. The largest absolute Gasteiger partial charge is 0.493 e. The van der Waals surface area contributed by atoms with Crippen LogP contribution >= 0.6 is 11.8 Å². The van der Waals surface area contributed by atoms with E-state index in [1.807, 2.05) is 30.3 Å². The Labute approximate surface area is 179 Å². The van der Waals surface area contributed by atoms with Gasteiger partial charge in [-0.3, -0.25) is 4.90 Å². The number of thioether (sulfide) groups is 1. The quantitative estimate of drug-likeness (QED) is 0.324. The summed E-state index contributed by atoms with van der Waals surface area (Å²) in [6, 6.07) is 16.3. The zero-order valence-corrected chi connectivity index (χ0v) is 18.5. The van der Waals surface area contributed by atoms with E-state index in [0.29, 0.717) is 5.17 Å². The Morgan fingerprint density at radius 2 is 1.86 bits per heavy atom. The number of rotatable bonds is 11. The molecule has 2 N–H and O–H groups in total. The number of hydrogen-bond acceptors (Lipinski definition) is 5. The average molecular weight is 413 g/mol. The lowest BCUT2D eigenvalue weighted by Gasteiger charge is -2.20. The maximum absolute atomic E-state index is 5.97. The van der Waals surface area contributed by atoms with Crippen LogP contribution in [0.15, 0.2) is 58.7 Å². The molecule has 0 aliphatic heterocycles. The van der Waals surface area contributed by atoms with Crippen molar-refractivity contribution in [2.24, 2.45) is 15.9 Å². The van der Waals surface area contributed by atoms with Crippen molar-refractivity contribution in [1.29, 1.82) is 0 Å². The lowest BCUT2D eigenvalue weighted by molar-refractivity contribution is 0.277. The van der Waals surface area contributed by atoms with Crippen molar-refractivity contribution in [3.8, 4) is 5.75 Å². The molecule has 2 aromatic rings. The molecule has 0 saturated carbocycles. The molecule has 0 spiro atoms. The van der Waals surface area contributed by atoms with Crippen molar-refractivity contribution < 1.29 is 4.74 Å². The number of amidine groups is 1. The van der Waals surface area contributed by atoms with Gasteiger partial charge < -0.3 is 10.5 Å². The minimum Gasteiger partial charge on any atom is -0.493 e. The van der Waals surface area contributed by atoms with Gasteiger partial charge in [-0.1, -0.05) is 62.9 Å². The summed E-state index contributed by atoms with van der Waals surface area (Å²) in [5, 5.41) is 8.74. The van der Waals surface area contributed by atoms with Crippen LogP contribution < -0.4 is 10.5 Å². The lowest BCUT2D eigenvalue weighted by atomic mass is 10.1. The normalized spacial score (nSPS) is 12.1. The van der Waals surface area contributed by atoms with E-state index in [1.54, 1.807) is 6.21 Å². The second-order valence-corrected chi connectivity index (χ2v) is 7.63. The van der Waals surface area contributed by atoms with Gasteiger partial charge in [-0.15, -0.1) is 5.10 Å². The summed E-state index contributed by atoms with van der Waals surface area (Å²) >= 11 is 1.48. The fourth-order valence-corrected chi connectivity index (χ4v) is 3.37. The summed E-state index contributed by atoms with van der Waals surface area (Å²) in [7, 11) is 0. The molecule has 2 rings (SSSR count). The molecule has 2 aromatic carbocycles. The van der Waals surface area contributed by atoms with Crippen LogP contribution in [0, 0.1) is 0 Å². The third-order valence-electron chi connectivity index (χ3n) is 4.43. The third kappa shape index (κ3) is 8.30. The molecule has 0 saturated heterocycles. The summed E-state index contributed by atoms with van der Waals surface area (Å²) in [5.74, 6) is 1.72. The van der Waals surface area contributed by atoms with Crippen LogP contribution in [0.2, 0.25) is 0 Å². The van der Waals surface area contributed by atoms with E-state index < -0.39 is 0 Å².